The predicted octanol–water partition coefficient (Wildman–Crippen LogP) is 1.98. The number of hydrogen-bond donors (Lipinski definition) is 1. The Kier molecular flexibility index (Phi) is 2.37. The molecule has 0 aliphatic carbocycles. The fourth-order valence-corrected chi connectivity index (χ4v) is 2.20. The second-order valence-corrected chi connectivity index (χ2v) is 4.34. The van der Waals surface area contributed by atoms with E-state index in [9.17, 15) is 5.11 Å². The second kappa shape index (κ2) is 3.89. The topological polar surface area (TPSA) is 47.3 Å². The van der Waals surface area contributed by atoms with Gasteiger partial charge in [0.25, 0.3) is 0 Å². The molecule has 2 heterocycles. The van der Waals surface area contributed by atoms with Gasteiger partial charge < -0.3 is 9.84 Å². The lowest BCUT2D eigenvalue weighted by atomic mass is 9.96. The first kappa shape index (κ1) is 10.4. The number of fused-ring (bicyclic) bond motifs is 1. The van der Waals surface area contributed by atoms with E-state index in [1.165, 1.54) is 0 Å². The van der Waals surface area contributed by atoms with E-state index in [0.717, 1.165) is 16.9 Å². The average molecular weight is 230 g/mol. The third-order valence-electron chi connectivity index (χ3n) is 3.08. The van der Waals surface area contributed by atoms with Crippen LogP contribution < -0.4 is 4.74 Å². The highest BCUT2D eigenvalue weighted by Crippen LogP contribution is 2.40. The van der Waals surface area contributed by atoms with Gasteiger partial charge >= 0.3 is 0 Å². The van der Waals surface area contributed by atoms with Crippen molar-refractivity contribution in [3.05, 3.63) is 47.8 Å². The van der Waals surface area contributed by atoms with Crippen molar-refractivity contribution in [1.82, 2.24) is 9.78 Å². The quantitative estimate of drug-likeness (QED) is 0.814. The van der Waals surface area contributed by atoms with E-state index < -0.39 is 6.10 Å². The van der Waals surface area contributed by atoms with Gasteiger partial charge in [-0.05, 0) is 6.07 Å². The van der Waals surface area contributed by atoms with Gasteiger partial charge in [-0.3, -0.25) is 4.68 Å². The van der Waals surface area contributed by atoms with Crippen LogP contribution in [0.2, 0.25) is 0 Å². The number of aromatic nitrogens is 2. The molecule has 1 aromatic carbocycles. The summed E-state index contributed by atoms with van der Waals surface area (Å²) in [5.41, 5.74) is 1.87. The van der Waals surface area contributed by atoms with Crippen LogP contribution in [0, 0.1) is 0 Å². The van der Waals surface area contributed by atoms with E-state index in [2.05, 4.69) is 5.10 Å². The fraction of sp³-hybridized carbons (Fsp3) is 0.308. The lowest BCUT2D eigenvalue weighted by Crippen LogP contribution is -2.18. The van der Waals surface area contributed by atoms with Crippen LogP contribution >= 0.6 is 0 Å². The van der Waals surface area contributed by atoms with Crippen molar-refractivity contribution in [2.75, 3.05) is 0 Å². The lowest BCUT2D eigenvalue weighted by molar-refractivity contribution is 0.0657. The predicted molar refractivity (Wildman–Crippen MR) is 62.6 cm³/mol. The van der Waals surface area contributed by atoms with Crippen molar-refractivity contribution in [3.8, 4) is 5.75 Å². The van der Waals surface area contributed by atoms with Crippen molar-refractivity contribution in [1.29, 1.82) is 0 Å². The summed E-state index contributed by atoms with van der Waals surface area (Å²) in [7, 11) is 1.87. The number of para-hydroxylation sites is 1. The molecule has 1 N–H and O–H groups in total. The van der Waals surface area contributed by atoms with Crippen LogP contribution in [-0.4, -0.2) is 14.9 Å². The highest BCUT2D eigenvalue weighted by atomic mass is 16.5. The maximum Gasteiger partial charge on any atom is 0.130 e. The third-order valence-corrected chi connectivity index (χ3v) is 3.08. The minimum atomic E-state index is -0.467. The normalized spacial score (nSPS) is 22.9. The van der Waals surface area contributed by atoms with E-state index in [4.69, 9.17) is 4.74 Å². The molecule has 0 spiro atoms. The Morgan fingerprint density at radius 1 is 1.41 bits per heavy atom. The molecule has 3 rings (SSSR count). The van der Waals surface area contributed by atoms with E-state index in [1.54, 1.807) is 10.9 Å². The van der Waals surface area contributed by atoms with Gasteiger partial charge in [-0.1, -0.05) is 18.2 Å². The second-order valence-electron chi connectivity index (χ2n) is 4.34. The molecule has 0 radical (unpaired) electrons. The van der Waals surface area contributed by atoms with Crippen molar-refractivity contribution < 1.29 is 9.84 Å². The Balaban J connectivity index is 1.93. The molecule has 2 atom stereocenters. The van der Waals surface area contributed by atoms with Gasteiger partial charge in [0.05, 0.1) is 12.3 Å². The standard InChI is InChI=1S/C13H14N2O2/c1-15-8-9(7-14-15)13-6-11(16)10-4-2-3-5-12(10)17-13/h2-5,7-8,11,13,16H,6H2,1H3/t11-,13?/m1/s1. The van der Waals surface area contributed by atoms with E-state index in [1.807, 2.05) is 37.5 Å². The van der Waals surface area contributed by atoms with Crippen LogP contribution in [0.3, 0.4) is 0 Å². The summed E-state index contributed by atoms with van der Waals surface area (Å²) in [5, 5.41) is 14.2. The molecule has 0 saturated heterocycles. The highest BCUT2D eigenvalue weighted by molar-refractivity contribution is 5.37. The zero-order valence-corrected chi connectivity index (χ0v) is 9.58. The molecular formula is C13H14N2O2. The summed E-state index contributed by atoms with van der Waals surface area (Å²) in [5.74, 6) is 0.764. The van der Waals surface area contributed by atoms with Crippen molar-refractivity contribution in [3.63, 3.8) is 0 Å². The summed E-state index contributed by atoms with van der Waals surface area (Å²) in [6, 6.07) is 7.62. The van der Waals surface area contributed by atoms with E-state index >= 15 is 0 Å². The number of benzene rings is 1. The molecule has 4 nitrogen and oxygen atoms in total. The largest absolute Gasteiger partial charge is 0.485 e. The van der Waals surface area contributed by atoms with Crippen LogP contribution in [0.5, 0.6) is 5.75 Å². The van der Waals surface area contributed by atoms with Gasteiger partial charge in [0.15, 0.2) is 0 Å². The number of aryl methyl sites for hydroxylation is 1. The molecule has 4 heteroatoms. The molecule has 0 bridgehead atoms. The number of hydrogen-bond acceptors (Lipinski definition) is 3. The minimum Gasteiger partial charge on any atom is -0.485 e. The first-order valence-electron chi connectivity index (χ1n) is 5.66. The van der Waals surface area contributed by atoms with Crippen LogP contribution in [0.4, 0.5) is 0 Å². The zero-order chi connectivity index (χ0) is 11.8. The average Bonchev–Trinajstić information content (AvgIpc) is 2.76. The Morgan fingerprint density at radius 2 is 2.24 bits per heavy atom. The summed E-state index contributed by atoms with van der Waals surface area (Å²) in [6.45, 7) is 0. The molecule has 88 valence electrons. The van der Waals surface area contributed by atoms with Crippen LogP contribution in [-0.2, 0) is 7.05 Å². The van der Waals surface area contributed by atoms with Crippen LogP contribution in [0.25, 0.3) is 0 Å². The number of aliphatic hydroxyl groups is 1. The van der Waals surface area contributed by atoms with Crippen molar-refractivity contribution in [2.24, 2.45) is 7.05 Å². The zero-order valence-electron chi connectivity index (χ0n) is 9.58. The van der Waals surface area contributed by atoms with Gasteiger partial charge in [-0.25, -0.2) is 0 Å². The summed E-state index contributed by atoms with van der Waals surface area (Å²) >= 11 is 0. The maximum atomic E-state index is 10.1. The van der Waals surface area contributed by atoms with Gasteiger partial charge in [0.1, 0.15) is 11.9 Å². The summed E-state index contributed by atoms with van der Waals surface area (Å²) in [6.07, 6.45) is 3.69. The molecule has 0 amide bonds. The Hall–Kier alpha value is -1.81. The van der Waals surface area contributed by atoms with Gasteiger partial charge in [0, 0.05) is 30.8 Å². The van der Waals surface area contributed by atoms with Gasteiger partial charge in [-0.15, -0.1) is 0 Å². The number of rotatable bonds is 1. The number of ether oxygens (including phenoxy) is 1. The molecule has 1 aromatic heterocycles. The Morgan fingerprint density at radius 3 is 3.00 bits per heavy atom. The molecule has 1 unspecified atom stereocenters. The first-order valence-corrected chi connectivity index (χ1v) is 5.66. The van der Waals surface area contributed by atoms with Crippen LogP contribution in [0.15, 0.2) is 36.7 Å². The van der Waals surface area contributed by atoms with E-state index in [0.29, 0.717) is 6.42 Å². The van der Waals surface area contributed by atoms with Crippen LogP contribution in [0.1, 0.15) is 29.8 Å². The summed E-state index contributed by atoms with van der Waals surface area (Å²) in [4.78, 5) is 0. The van der Waals surface area contributed by atoms with E-state index in [-0.39, 0.29) is 6.10 Å². The highest BCUT2D eigenvalue weighted by Gasteiger charge is 2.28. The Labute approximate surface area is 99.5 Å². The summed E-state index contributed by atoms with van der Waals surface area (Å²) < 4.78 is 7.63. The molecule has 2 aromatic rings. The smallest absolute Gasteiger partial charge is 0.130 e. The Bertz CT molecular complexity index is 536. The molecule has 1 aliphatic rings. The van der Waals surface area contributed by atoms with Crippen molar-refractivity contribution in [2.45, 2.75) is 18.6 Å². The lowest BCUT2D eigenvalue weighted by Gasteiger charge is -2.28. The minimum absolute atomic E-state index is 0.117. The molecule has 1 aliphatic heterocycles. The molecular weight excluding hydrogens is 216 g/mol. The monoisotopic (exact) mass is 230 g/mol. The molecule has 0 fully saturated rings. The van der Waals surface area contributed by atoms with Crippen molar-refractivity contribution >= 4 is 0 Å². The SMILES string of the molecule is Cn1cc(C2C[C@@H](O)c3ccccc3O2)cn1. The number of nitrogens with zero attached hydrogens (tertiary/aromatic N) is 2. The first-order chi connectivity index (χ1) is 8.24. The maximum absolute atomic E-state index is 10.1. The van der Waals surface area contributed by atoms with Gasteiger partial charge in [0.2, 0.25) is 0 Å². The number of aliphatic hydroxyl groups excluding tert-OH is 1. The molecule has 0 saturated carbocycles. The fourth-order valence-electron chi connectivity index (χ4n) is 2.20. The van der Waals surface area contributed by atoms with Gasteiger partial charge in [-0.2, -0.15) is 5.10 Å². The third kappa shape index (κ3) is 1.80. The molecule has 17 heavy (non-hydrogen) atoms.